The van der Waals surface area contributed by atoms with E-state index in [-0.39, 0.29) is 30.7 Å². The Kier molecular flexibility index (Phi) is 4.18. The molecule has 0 spiro atoms. The molecular weight excluding hydrogens is 347 g/mol. The van der Waals surface area contributed by atoms with Crippen LogP contribution >= 0.6 is 0 Å². The summed E-state index contributed by atoms with van der Waals surface area (Å²) < 4.78 is 41.3. The molecule has 6 nitrogen and oxygen atoms in total. The Balaban J connectivity index is 1.41. The molecule has 2 aliphatic rings. The number of aromatic nitrogens is 3. The summed E-state index contributed by atoms with van der Waals surface area (Å²) in [5.74, 6) is -3.40. The van der Waals surface area contributed by atoms with Crippen LogP contribution in [-0.4, -0.2) is 57.4 Å². The number of alkyl halides is 2. The summed E-state index contributed by atoms with van der Waals surface area (Å²) in [6, 6.07) is 5.37. The molecule has 9 heteroatoms. The normalized spacial score (nSPS) is 25.0. The number of benzene rings is 1. The Morgan fingerprint density at radius 2 is 2.04 bits per heavy atom. The minimum absolute atomic E-state index is 0.0891. The van der Waals surface area contributed by atoms with Crippen molar-refractivity contribution in [3.8, 4) is 11.3 Å². The Bertz CT molecular complexity index is 807. The summed E-state index contributed by atoms with van der Waals surface area (Å²) in [5, 5.41) is 11.3. The monoisotopic (exact) mass is 365 g/mol. The van der Waals surface area contributed by atoms with Gasteiger partial charge < -0.3 is 10.2 Å². The van der Waals surface area contributed by atoms with Crippen LogP contribution in [0.3, 0.4) is 0 Å². The highest BCUT2D eigenvalue weighted by Crippen LogP contribution is 2.29. The number of hydrogen-bond acceptors (Lipinski definition) is 4. The third kappa shape index (κ3) is 3.31. The molecule has 1 N–H and O–H groups in total. The second kappa shape index (κ2) is 6.39. The molecule has 1 amide bonds. The van der Waals surface area contributed by atoms with Gasteiger partial charge in [-0.25, -0.2) is 17.9 Å². The largest absolute Gasteiger partial charge is 0.335 e. The van der Waals surface area contributed by atoms with Gasteiger partial charge >= 0.3 is 0 Å². The summed E-state index contributed by atoms with van der Waals surface area (Å²) in [7, 11) is 0. The van der Waals surface area contributed by atoms with E-state index in [1.807, 2.05) is 0 Å². The van der Waals surface area contributed by atoms with Gasteiger partial charge in [0, 0.05) is 25.1 Å². The highest BCUT2D eigenvalue weighted by atomic mass is 19.3. The number of nitrogens with one attached hydrogen (secondary N) is 1. The molecule has 2 atom stereocenters. The van der Waals surface area contributed by atoms with Crippen LogP contribution in [0.5, 0.6) is 0 Å². The fraction of sp³-hybridized carbons (Fsp3) is 0.471. The van der Waals surface area contributed by atoms with Crippen molar-refractivity contribution < 1.29 is 18.0 Å². The van der Waals surface area contributed by atoms with Crippen LogP contribution in [0.15, 0.2) is 30.5 Å². The highest BCUT2D eigenvalue weighted by Gasteiger charge is 2.43. The molecule has 1 aromatic heterocycles. The van der Waals surface area contributed by atoms with Crippen molar-refractivity contribution >= 4 is 5.91 Å². The molecule has 138 valence electrons. The number of carbonyl (C=O) groups is 1. The first-order valence-corrected chi connectivity index (χ1v) is 8.49. The number of nitrogens with zero attached hydrogens (tertiary/aromatic N) is 4. The molecule has 0 saturated carbocycles. The number of likely N-dealkylation sites (tertiary alicyclic amines) is 1. The van der Waals surface area contributed by atoms with E-state index in [0.29, 0.717) is 18.7 Å². The lowest BCUT2D eigenvalue weighted by Crippen LogP contribution is -2.43. The average molecular weight is 365 g/mol. The molecule has 0 aliphatic carbocycles. The number of rotatable bonds is 3. The lowest BCUT2D eigenvalue weighted by Gasteiger charge is -2.20. The van der Waals surface area contributed by atoms with Gasteiger partial charge in [-0.3, -0.25) is 4.79 Å². The van der Waals surface area contributed by atoms with Crippen molar-refractivity contribution in [2.45, 2.75) is 30.8 Å². The number of hydrogen-bond donors (Lipinski definition) is 1. The van der Waals surface area contributed by atoms with E-state index in [2.05, 4.69) is 15.6 Å². The van der Waals surface area contributed by atoms with Gasteiger partial charge in [0.2, 0.25) is 5.91 Å². The summed E-state index contributed by atoms with van der Waals surface area (Å²) in [5.41, 5.74) is 1.36. The van der Waals surface area contributed by atoms with Crippen LogP contribution in [0, 0.1) is 5.82 Å². The van der Waals surface area contributed by atoms with Crippen LogP contribution in [0.4, 0.5) is 13.2 Å². The first kappa shape index (κ1) is 17.0. The van der Waals surface area contributed by atoms with Gasteiger partial charge in [0.25, 0.3) is 5.92 Å². The number of halogens is 3. The second-order valence-corrected chi connectivity index (χ2v) is 6.81. The fourth-order valence-electron chi connectivity index (χ4n) is 3.46. The van der Waals surface area contributed by atoms with Gasteiger partial charge in [-0.2, -0.15) is 0 Å². The first-order chi connectivity index (χ1) is 12.4. The zero-order valence-corrected chi connectivity index (χ0v) is 13.9. The van der Waals surface area contributed by atoms with Gasteiger partial charge in [0.15, 0.2) is 0 Å². The molecule has 2 saturated heterocycles. The van der Waals surface area contributed by atoms with E-state index in [9.17, 15) is 18.0 Å². The highest BCUT2D eigenvalue weighted by molar-refractivity contribution is 5.82. The lowest BCUT2D eigenvalue weighted by atomic mass is 10.1. The number of carbonyl (C=O) groups excluding carboxylic acids is 1. The van der Waals surface area contributed by atoms with Crippen molar-refractivity contribution in [3.63, 3.8) is 0 Å². The van der Waals surface area contributed by atoms with Crippen molar-refractivity contribution in [3.05, 3.63) is 36.3 Å². The van der Waals surface area contributed by atoms with E-state index < -0.39 is 18.5 Å². The van der Waals surface area contributed by atoms with Gasteiger partial charge in [-0.15, -0.1) is 5.10 Å². The minimum atomic E-state index is -2.79. The van der Waals surface area contributed by atoms with Crippen LogP contribution in [0.25, 0.3) is 11.3 Å². The van der Waals surface area contributed by atoms with Gasteiger partial charge in [0.05, 0.1) is 24.8 Å². The Morgan fingerprint density at radius 3 is 2.73 bits per heavy atom. The molecule has 2 aliphatic heterocycles. The topological polar surface area (TPSA) is 63.1 Å². The third-order valence-electron chi connectivity index (χ3n) is 4.91. The van der Waals surface area contributed by atoms with Gasteiger partial charge in [0.1, 0.15) is 11.5 Å². The molecule has 0 unspecified atom stereocenters. The van der Waals surface area contributed by atoms with Crippen molar-refractivity contribution in [1.82, 2.24) is 25.2 Å². The van der Waals surface area contributed by atoms with Crippen molar-refractivity contribution in [2.24, 2.45) is 0 Å². The zero-order chi connectivity index (χ0) is 18.3. The molecule has 2 fully saturated rings. The van der Waals surface area contributed by atoms with E-state index in [0.717, 1.165) is 5.56 Å². The average Bonchev–Trinajstić information content (AvgIpc) is 3.33. The van der Waals surface area contributed by atoms with Crippen LogP contribution in [0.2, 0.25) is 0 Å². The summed E-state index contributed by atoms with van der Waals surface area (Å²) in [6.45, 7) is 0.0896. The van der Waals surface area contributed by atoms with Gasteiger partial charge in [-0.1, -0.05) is 5.21 Å². The number of amides is 1. The lowest BCUT2D eigenvalue weighted by molar-refractivity contribution is -0.133. The maximum absolute atomic E-state index is 13.3. The standard InChI is InChI=1S/C17H18F3N5O/c18-12-3-1-11(2-4-12)15-9-25(23-22-15)13-7-14(21-8-13)16(26)24-6-5-17(19,20)10-24/h1-4,9,13-14,21H,5-8,10H2/t13-,14-/m0/s1. The Hall–Kier alpha value is -2.42. The maximum atomic E-state index is 13.3. The van der Waals surface area contributed by atoms with E-state index in [4.69, 9.17) is 0 Å². The molecule has 26 heavy (non-hydrogen) atoms. The first-order valence-electron chi connectivity index (χ1n) is 8.49. The van der Waals surface area contributed by atoms with Crippen LogP contribution in [0.1, 0.15) is 18.9 Å². The van der Waals surface area contributed by atoms with E-state index in [1.165, 1.54) is 17.0 Å². The summed E-state index contributed by atoms with van der Waals surface area (Å²) in [6.07, 6.45) is 1.93. The predicted octanol–water partition coefficient (Wildman–Crippen LogP) is 1.85. The van der Waals surface area contributed by atoms with E-state index >= 15 is 0 Å². The van der Waals surface area contributed by atoms with Crippen molar-refractivity contribution in [2.75, 3.05) is 19.6 Å². The minimum Gasteiger partial charge on any atom is -0.335 e. The maximum Gasteiger partial charge on any atom is 0.267 e. The Morgan fingerprint density at radius 1 is 1.27 bits per heavy atom. The molecule has 0 bridgehead atoms. The van der Waals surface area contributed by atoms with Gasteiger partial charge in [-0.05, 0) is 30.7 Å². The SMILES string of the molecule is O=C([C@@H]1C[C@H](n2cc(-c3ccc(F)cc3)nn2)CN1)N1CCC(F)(F)C1. The molecular formula is C17H18F3N5O. The summed E-state index contributed by atoms with van der Waals surface area (Å²) >= 11 is 0. The fourth-order valence-corrected chi connectivity index (χ4v) is 3.46. The zero-order valence-electron chi connectivity index (χ0n) is 13.9. The molecule has 1 aromatic carbocycles. The molecule has 0 radical (unpaired) electrons. The predicted molar refractivity (Wildman–Crippen MR) is 87.0 cm³/mol. The van der Waals surface area contributed by atoms with Crippen LogP contribution in [-0.2, 0) is 4.79 Å². The van der Waals surface area contributed by atoms with Crippen LogP contribution < -0.4 is 5.32 Å². The van der Waals surface area contributed by atoms with Crippen molar-refractivity contribution in [1.29, 1.82) is 0 Å². The quantitative estimate of drug-likeness (QED) is 0.902. The summed E-state index contributed by atoms with van der Waals surface area (Å²) in [4.78, 5) is 13.6. The Labute approximate surface area is 148 Å². The molecule has 3 heterocycles. The molecule has 4 rings (SSSR count). The third-order valence-corrected chi connectivity index (χ3v) is 4.91. The van der Waals surface area contributed by atoms with E-state index in [1.54, 1.807) is 23.0 Å². The smallest absolute Gasteiger partial charge is 0.267 e. The molecule has 2 aromatic rings. The second-order valence-electron chi connectivity index (χ2n) is 6.81.